The first-order chi connectivity index (χ1) is 12.5. The molecule has 26 heavy (non-hydrogen) atoms. The summed E-state index contributed by atoms with van der Waals surface area (Å²) in [7, 11) is 1.60. The van der Waals surface area contributed by atoms with Gasteiger partial charge in [0.2, 0.25) is 0 Å². The Bertz CT molecular complexity index is 730. The molecule has 0 saturated carbocycles. The van der Waals surface area contributed by atoms with Crippen LogP contribution in [-0.2, 0) is 4.79 Å². The van der Waals surface area contributed by atoms with Gasteiger partial charge in [-0.15, -0.1) is 0 Å². The molecule has 140 valence electrons. The van der Waals surface area contributed by atoms with E-state index in [1.807, 2.05) is 57.2 Å². The Morgan fingerprint density at radius 2 is 1.85 bits per heavy atom. The first-order valence-electron chi connectivity index (χ1n) is 8.82. The Morgan fingerprint density at radius 1 is 1.12 bits per heavy atom. The second-order valence-electron chi connectivity index (χ2n) is 6.03. The van der Waals surface area contributed by atoms with Crippen LogP contribution in [0.5, 0.6) is 17.2 Å². The molecule has 5 heteroatoms. The molecule has 0 aliphatic heterocycles. The van der Waals surface area contributed by atoms with Crippen molar-refractivity contribution in [1.82, 2.24) is 5.32 Å². The molecule has 1 N–H and O–H groups in total. The molecule has 0 heterocycles. The summed E-state index contributed by atoms with van der Waals surface area (Å²) in [6.07, 6.45) is 0.0174. The molecule has 0 aliphatic carbocycles. The van der Waals surface area contributed by atoms with Crippen LogP contribution >= 0.6 is 0 Å². The molecule has 0 aliphatic rings. The minimum absolute atomic E-state index is 0.153. The van der Waals surface area contributed by atoms with Crippen LogP contribution in [0.25, 0.3) is 0 Å². The number of methoxy groups -OCH3 is 1. The number of rotatable bonds is 9. The third kappa shape index (κ3) is 5.41. The van der Waals surface area contributed by atoms with Crippen molar-refractivity contribution >= 4 is 5.91 Å². The van der Waals surface area contributed by atoms with Crippen LogP contribution in [0.2, 0.25) is 0 Å². The highest BCUT2D eigenvalue weighted by Crippen LogP contribution is 2.21. The van der Waals surface area contributed by atoms with E-state index in [1.165, 1.54) is 5.56 Å². The number of nitrogens with one attached hydrogen (secondary N) is 1. The summed E-state index contributed by atoms with van der Waals surface area (Å²) < 4.78 is 16.7. The molecule has 1 atom stereocenters. The Morgan fingerprint density at radius 3 is 2.58 bits per heavy atom. The molecule has 0 aromatic heterocycles. The number of hydrogen-bond acceptors (Lipinski definition) is 4. The molecule has 2 aromatic carbocycles. The lowest BCUT2D eigenvalue weighted by Gasteiger charge is -2.18. The molecule has 2 aromatic rings. The van der Waals surface area contributed by atoms with Crippen LogP contribution < -0.4 is 19.5 Å². The topological polar surface area (TPSA) is 56.8 Å². The molecule has 0 saturated heterocycles. The minimum Gasteiger partial charge on any atom is -0.497 e. The normalized spacial score (nSPS) is 11.5. The first-order valence-corrected chi connectivity index (χ1v) is 8.82. The molecule has 1 amide bonds. The van der Waals surface area contributed by atoms with Crippen LogP contribution in [0.3, 0.4) is 0 Å². The average Bonchev–Trinajstić information content (AvgIpc) is 2.66. The highest BCUT2D eigenvalue weighted by Gasteiger charge is 2.18. The van der Waals surface area contributed by atoms with Crippen LogP contribution in [-0.4, -0.2) is 32.3 Å². The number of benzene rings is 2. The highest BCUT2D eigenvalue weighted by atomic mass is 16.5. The second kappa shape index (κ2) is 9.70. The van der Waals surface area contributed by atoms with Gasteiger partial charge in [-0.1, -0.05) is 25.1 Å². The number of hydrogen-bond donors (Lipinski definition) is 1. The number of carbonyl (C=O) groups is 1. The average molecular weight is 357 g/mol. The van der Waals surface area contributed by atoms with Crippen molar-refractivity contribution in [3.8, 4) is 17.2 Å². The van der Waals surface area contributed by atoms with Gasteiger partial charge >= 0.3 is 0 Å². The summed E-state index contributed by atoms with van der Waals surface area (Å²) in [5, 5.41) is 2.87. The van der Waals surface area contributed by atoms with E-state index in [9.17, 15) is 4.79 Å². The SMILES string of the molecule is CCC(Oc1cccc(OC)c1)C(=O)NCCOc1cccc(C)c1C. The first kappa shape index (κ1) is 19.6. The lowest BCUT2D eigenvalue weighted by molar-refractivity contribution is -0.128. The summed E-state index contributed by atoms with van der Waals surface area (Å²) in [6, 6.07) is 13.2. The van der Waals surface area contributed by atoms with E-state index in [0.29, 0.717) is 31.1 Å². The number of aryl methyl sites for hydroxylation is 1. The predicted octanol–water partition coefficient (Wildman–Crippen LogP) is 3.66. The van der Waals surface area contributed by atoms with Gasteiger partial charge < -0.3 is 19.5 Å². The Balaban J connectivity index is 1.82. The van der Waals surface area contributed by atoms with Crippen LogP contribution in [0.4, 0.5) is 0 Å². The fourth-order valence-electron chi connectivity index (χ4n) is 2.49. The zero-order valence-electron chi connectivity index (χ0n) is 15.9. The smallest absolute Gasteiger partial charge is 0.261 e. The van der Waals surface area contributed by atoms with E-state index < -0.39 is 6.10 Å². The lowest BCUT2D eigenvalue weighted by atomic mass is 10.1. The van der Waals surface area contributed by atoms with Gasteiger partial charge in [-0.3, -0.25) is 4.79 Å². The second-order valence-corrected chi connectivity index (χ2v) is 6.03. The fourth-order valence-corrected chi connectivity index (χ4v) is 2.49. The summed E-state index contributed by atoms with van der Waals surface area (Å²) in [4.78, 5) is 12.3. The maximum Gasteiger partial charge on any atom is 0.261 e. The number of carbonyl (C=O) groups excluding carboxylic acids is 1. The number of amides is 1. The maximum absolute atomic E-state index is 12.3. The van der Waals surface area contributed by atoms with Gasteiger partial charge in [0.25, 0.3) is 5.91 Å². The molecule has 5 nitrogen and oxygen atoms in total. The van der Waals surface area contributed by atoms with Gasteiger partial charge in [-0.2, -0.15) is 0 Å². The maximum atomic E-state index is 12.3. The van der Waals surface area contributed by atoms with Gasteiger partial charge in [0.15, 0.2) is 6.10 Å². The van der Waals surface area contributed by atoms with Gasteiger partial charge in [-0.25, -0.2) is 0 Å². The Kier molecular flexibility index (Phi) is 7.33. The van der Waals surface area contributed by atoms with Crippen molar-refractivity contribution in [2.24, 2.45) is 0 Å². The third-order valence-electron chi connectivity index (χ3n) is 4.20. The zero-order valence-corrected chi connectivity index (χ0v) is 15.9. The fraction of sp³-hybridized carbons (Fsp3) is 0.381. The van der Waals surface area contributed by atoms with Crippen molar-refractivity contribution in [3.63, 3.8) is 0 Å². The van der Waals surface area contributed by atoms with E-state index in [1.54, 1.807) is 13.2 Å². The third-order valence-corrected chi connectivity index (χ3v) is 4.20. The molecular formula is C21H27NO4. The van der Waals surface area contributed by atoms with Crippen molar-refractivity contribution in [3.05, 3.63) is 53.6 Å². The van der Waals surface area contributed by atoms with Crippen molar-refractivity contribution in [1.29, 1.82) is 0 Å². The molecular weight excluding hydrogens is 330 g/mol. The summed E-state index contributed by atoms with van der Waals surface area (Å²) >= 11 is 0. The molecule has 2 rings (SSSR count). The minimum atomic E-state index is -0.553. The van der Waals surface area contributed by atoms with E-state index in [2.05, 4.69) is 5.32 Å². The number of ether oxygens (including phenoxy) is 3. The Hall–Kier alpha value is -2.69. The van der Waals surface area contributed by atoms with Crippen LogP contribution in [0.15, 0.2) is 42.5 Å². The van der Waals surface area contributed by atoms with Crippen molar-refractivity contribution in [2.75, 3.05) is 20.3 Å². The predicted molar refractivity (Wildman–Crippen MR) is 102 cm³/mol. The van der Waals surface area contributed by atoms with Crippen molar-refractivity contribution < 1.29 is 19.0 Å². The lowest BCUT2D eigenvalue weighted by Crippen LogP contribution is -2.39. The summed E-state index contributed by atoms with van der Waals surface area (Å²) in [5.41, 5.74) is 2.30. The van der Waals surface area contributed by atoms with Gasteiger partial charge in [0, 0.05) is 6.07 Å². The van der Waals surface area contributed by atoms with E-state index in [0.717, 1.165) is 11.3 Å². The van der Waals surface area contributed by atoms with Gasteiger partial charge in [0.1, 0.15) is 23.9 Å². The van der Waals surface area contributed by atoms with Gasteiger partial charge in [-0.05, 0) is 49.6 Å². The van der Waals surface area contributed by atoms with E-state index in [4.69, 9.17) is 14.2 Å². The molecule has 0 bridgehead atoms. The molecule has 0 fully saturated rings. The standard InChI is InChI=1S/C21H27NO4/c1-5-19(26-18-10-7-9-17(14-18)24-4)21(23)22-12-13-25-20-11-6-8-15(2)16(20)3/h6-11,14,19H,5,12-13H2,1-4H3,(H,22,23). The quantitative estimate of drug-likeness (QED) is 0.696. The van der Waals surface area contributed by atoms with Crippen LogP contribution in [0, 0.1) is 13.8 Å². The molecule has 0 spiro atoms. The Labute approximate surface area is 155 Å². The summed E-state index contributed by atoms with van der Waals surface area (Å²) in [5.74, 6) is 2.00. The van der Waals surface area contributed by atoms with E-state index >= 15 is 0 Å². The van der Waals surface area contributed by atoms with Gasteiger partial charge in [0.05, 0.1) is 13.7 Å². The highest BCUT2D eigenvalue weighted by molar-refractivity contribution is 5.81. The largest absolute Gasteiger partial charge is 0.497 e. The molecule has 1 unspecified atom stereocenters. The summed E-state index contributed by atoms with van der Waals surface area (Å²) in [6.45, 7) is 6.82. The van der Waals surface area contributed by atoms with E-state index in [-0.39, 0.29) is 5.91 Å². The van der Waals surface area contributed by atoms with Crippen LogP contribution in [0.1, 0.15) is 24.5 Å². The monoisotopic (exact) mass is 357 g/mol. The zero-order chi connectivity index (χ0) is 18.9. The van der Waals surface area contributed by atoms with Crippen molar-refractivity contribution in [2.45, 2.75) is 33.3 Å². The molecule has 0 radical (unpaired) electrons.